The highest BCUT2D eigenvalue weighted by atomic mass is 19.4. The number of allylic oxidation sites excluding steroid dienone is 2. The van der Waals surface area contributed by atoms with E-state index in [2.05, 4.69) is 15.2 Å². The van der Waals surface area contributed by atoms with Gasteiger partial charge in [-0.3, -0.25) is 0 Å². The molecule has 3 heterocycles. The third kappa shape index (κ3) is 3.72. The van der Waals surface area contributed by atoms with Gasteiger partial charge in [0.25, 0.3) is 5.88 Å². The van der Waals surface area contributed by atoms with Crippen LogP contribution in [-0.4, -0.2) is 41.7 Å². The molecular weight excluding hydrogens is 372 g/mol. The van der Waals surface area contributed by atoms with Crippen molar-refractivity contribution in [3.63, 3.8) is 0 Å². The van der Waals surface area contributed by atoms with Crippen LogP contribution in [0.2, 0.25) is 0 Å². The fourth-order valence-corrected chi connectivity index (χ4v) is 2.20. The number of nitrogens with zero attached hydrogens (tertiary/aromatic N) is 4. The molecule has 7 nitrogen and oxygen atoms in total. The molecule has 2 aliphatic rings. The molecule has 0 radical (unpaired) electrons. The number of aromatic nitrogens is 1. The van der Waals surface area contributed by atoms with Crippen LogP contribution < -0.4 is 4.74 Å². The first-order chi connectivity index (χ1) is 12.6. The average Bonchev–Trinajstić information content (AvgIpc) is 2.98. The summed E-state index contributed by atoms with van der Waals surface area (Å²) < 4.78 is 62.7. The van der Waals surface area contributed by atoms with Crippen LogP contribution in [0.1, 0.15) is 19.4 Å². The summed E-state index contributed by atoms with van der Waals surface area (Å²) >= 11 is 0. The van der Waals surface area contributed by atoms with Crippen LogP contribution in [0.5, 0.6) is 5.88 Å². The van der Waals surface area contributed by atoms with Crippen LogP contribution in [0, 0.1) is 5.82 Å². The van der Waals surface area contributed by atoms with Crippen LogP contribution in [0.15, 0.2) is 40.5 Å². The zero-order chi connectivity index (χ0) is 19.8. The van der Waals surface area contributed by atoms with Crippen molar-refractivity contribution in [1.29, 1.82) is 0 Å². The summed E-state index contributed by atoms with van der Waals surface area (Å²) in [7, 11) is 1.50. The molecule has 1 unspecified atom stereocenters. The van der Waals surface area contributed by atoms with Crippen LogP contribution in [0.3, 0.4) is 0 Å². The topological polar surface area (TPSA) is 68.5 Å². The Morgan fingerprint density at radius 3 is 2.63 bits per heavy atom. The van der Waals surface area contributed by atoms with E-state index in [1.54, 1.807) is 6.08 Å². The van der Waals surface area contributed by atoms with Crippen molar-refractivity contribution in [2.75, 3.05) is 13.7 Å². The first-order valence-corrected chi connectivity index (χ1v) is 7.83. The van der Waals surface area contributed by atoms with Gasteiger partial charge in [0.15, 0.2) is 23.0 Å². The second-order valence-corrected chi connectivity index (χ2v) is 6.25. The summed E-state index contributed by atoms with van der Waals surface area (Å²) in [4.78, 5) is 9.31. The van der Waals surface area contributed by atoms with Gasteiger partial charge in [-0.05, 0) is 32.1 Å². The SMILES string of the molecule is COCC1N=NC2=CC=C(c3cnc(OC(C)(C)C(F)(F)F)c(F)c3)ON21. The lowest BCUT2D eigenvalue weighted by molar-refractivity contribution is -0.235. The van der Waals surface area contributed by atoms with Gasteiger partial charge in [-0.1, -0.05) is 0 Å². The zero-order valence-electron chi connectivity index (χ0n) is 14.6. The Morgan fingerprint density at radius 1 is 1.26 bits per heavy atom. The molecule has 2 aliphatic heterocycles. The zero-order valence-corrected chi connectivity index (χ0v) is 14.6. The molecule has 0 aliphatic carbocycles. The Morgan fingerprint density at radius 2 is 2.00 bits per heavy atom. The molecule has 146 valence electrons. The van der Waals surface area contributed by atoms with E-state index in [0.717, 1.165) is 26.1 Å². The Balaban J connectivity index is 1.80. The molecule has 0 saturated heterocycles. The predicted octanol–water partition coefficient (Wildman–Crippen LogP) is 3.81. The van der Waals surface area contributed by atoms with Crippen molar-refractivity contribution in [3.05, 3.63) is 41.6 Å². The van der Waals surface area contributed by atoms with Crippen molar-refractivity contribution in [1.82, 2.24) is 10.0 Å². The van der Waals surface area contributed by atoms with Gasteiger partial charge in [0, 0.05) is 18.9 Å². The highest BCUT2D eigenvalue weighted by Gasteiger charge is 2.50. The van der Waals surface area contributed by atoms with Crippen molar-refractivity contribution >= 4 is 5.76 Å². The lowest BCUT2D eigenvalue weighted by atomic mass is 10.1. The molecule has 0 amide bonds. The van der Waals surface area contributed by atoms with E-state index in [-0.39, 0.29) is 17.9 Å². The normalized spacial score (nSPS) is 19.4. The Bertz CT molecular complexity index is 820. The maximum Gasteiger partial charge on any atom is 0.427 e. The van der Waals surface area contributed by atoms with Crippen LogP contribution in [0.25, 0.3) is 5.76 Å². The number of methoxy groups -OCH3 is 1. The van der Waals surface area contributed by atoms with Crippen molar-refractivity contribution in [3.8, 4) is 5.88 Å². The first kappa shape index (κ1) is 19.1. The number of hydroxylamine groups is 2. The third-order valence-corrected chi connectivity index (χ3v) is 3.81. The number of rotatable bonds is 5. The maximum atomic E-state index is 14.3. The number of halogens is 4. The monoisotopic (exact) mass is 388 g/mol. The largest absolute Gasteiger partial charge is 0.460 e. The summed E-state index contributed by atoms with van der Waals surface area (Å²) in [5, 5.41) is 9.29. The quantitative estimate of drug-likeness (QED) is 0.718. The molecule has 1 aromatic heterocycles. The smallest absolute Gasteiger partial charge is 0.427 e. The van der Waals surface area contributed by atoms with Crippen LogP contribution in [-0.2, 0) is 9.57 Å². The molecule has 0 spiro atoms. The molecule has 11 heteroatoms. The van der Waals surface area contributed by atoms with Gasteiger partial charge in [0.05, 0.1) is 6.61 Å². The van der Waals surface area contributed by atoms with Crippen LogP contribution >= 0.6 is 0 Å². The molecule has 1 atom stereocenters. The molecule has 0 bridgehead atoms. The van der Waals surface area contributed by atoms with Crippen molar-refractivity contribution < 1.29 is 31.9 Å². The van der Waals surface area contributed by atoms with Gasteiger partial charge in [-0.15, -0.1) is 5.11 Å². The van der Waals surface area contributed by atoms with E-state index in [1.165, 1.54) is 18.2 Å². The summed E-state index contributed by atoms with van der Waals surface area (Å²) in [6.07, 6.45) is -0.901. The van der Waals surface area contributed by atoms with Crippen molar-refractivity contribution in [2.45, 2.75) is 31.8 Å². The molecule has 0 fully saturated rings. The van der Waals surface area contributed by atoms with Gasteiger partial charge in [-0.2, -0.15) is 23.3 Å². The summed E-state index contributed by atoms with van der Waals surface area (Å²) in [5.74, 6) is -1.13. The maximum absolute atomic E-state index is 14.3. The number of alkyl halides is 3. The second-order valence-electron chi connectivity index (χ2n) is 6.25. The minimum absolute atomic E-state index is 0.211. The fraction of sp³-hybridized carbons (Fsp3) is 0.438. The van der Waals surface area contributed by atoms with Crippen LogP contribution in [0.4, 0.5) is 17.6 Å². The summed E-state index contributed by atoms with van der Waals surface area (Å²) in [6, 6.07) is 0.981. The Labute approximate surface area is 151 Å². The molecule has 0 saturated carbocycles. The number of ether oxygens (including phenoxy) is 2. The standard InChI is InChI=1S/C16H16F4N4O3/c1-15(2,16(18,19)20)26-14-10(17)6-9(7-21-14)11-4-5-12-22-23-13(8-25-3)24(12)27-11/h4-7,13H,8H2,1-3H3. The third-order valence-electron chi connectivity index (χ3n) is 3.81. The number of fused-ring (bicyclic) bond motifs is 1. The van der Waals surface area contributed by atoms with E-state index in [9.17, 15) is 17.6 Å². The van der Waals surface area contributed by atoms with E-state index < -0.39 is 29.6 Å². The lowest BCUT2D eigenvalue weighted by Crippen LogP contribution is -2.45. The lowest BCUT2D eigenvalue weighted by Gasteiger charge is -2.28. The molecule has 27 heavy (non-hydrogen) atoms. The highest BCUT2D eigenvalue weighted by Crippen LogP contribution is 2.36. The molecule has 3 rings (SSSR count). The molecular formula is C16H16F4N4O3. The Kier molecular flexibility index (Phi) is 4.81. The Hall–Kier alpha value is -2.69. The first-order valence-electron chi connectivity index (χ1n) is 7.83. The second kappa shape index (κ2) is 6.80. The number of pyridine rings is 1. The average molecular weight is 388 g/mol. The van der Waals surface area contributed by atoms with Gasteiger partial charge in [0.1, 0.15) is 0 Å². The number of hydrogen-bond donors (Lipinski definition) is 0. The number of hydrogen-bond acceptors (Lipinski definition) is 7. The van der Waals surface area contributed by atoms with E-state index in [4.69, 9.17) is 14.3 Å². The van der Waals surface area contributed by atoms with Gasteiger partial charge in [-0.25, -0.2) is 9.37 Å². The highest BCUT2D eigenvalue weighted by molar-refractivity contribution is 5.62. The number of azo groups is 1. The predicted molar refractivity (Wildman–Crippen MR) is 84.5 cm³/mol. The van der Waals surface area contributed by atoms with Gasteiger partial charge >= 0.3 is 6.18 Å². The minimum Gasteiger partial charge on any atom is -0.460 e. The molecule has 0 N–H and O–H groups in total. The molecule has 0 aromatic carbocycles. The van der Waals surface area contributed by atoms with E-state index >= 15 is 0 Å². The van der Waals surface area contributed by atoms with E-state index in [0.29, 0.717) is 5.82 Å². The molecule has 1 aromatic rings. The summed E-state index contributed by atoms with van der Waals surface area (Å²) in [5.41, 5.74) is -2.38. The van der Waals surface area contributed by atoms with Crippen molar-refractivity contribution in [2.24, 2.45) is 10.2 Å². The van der Waals surface area contributed by atoms with E-state index in [1.807, 2.05) is 0 Å². The van der Waals surface area contributed by atoms with Gasteiger partial charge < -0.3 is 14.3 Å². The summed E-state index contributed by atoms with van der Waals surface area (Å²) in [6.45, 7) is 1.80. The fourth-order valence-electron chi connectivity index (χ4n) is 2.20. The van der Waals surface area contributed by atoms with Gasteiger partial charge in [0.2, 0.25) is 6.17 Å². The minimum atomic E-state index is -4.69.